The summed E-state index contributed by atoms with van der Waals surface area (Å²) < 4.78 is 1.97. The summed E-state index contributed by atoms with van der Waals surface area (Å²) in [6.07, 6.45) is 1.95. The van der Waals surface area contributed by atoms with E-state index in [1.165, 1.54) is 0 Å². The Kier molecular flexibility index (Phi) is 4.45. The number of fused-ring (bicyclic) bond motifs is 1. The molecule has 0 saturated heterocycles. The Hall–Kier alpha value is -1.81. The van der Waals surface area contributed by atoms with Gasteiger partial charge < -0.3 is 15.6 Å². The summed E-state index contributed by atoms with van der Waals surface area (Å²) in [5.74, 6) is 0.485. The van der Waals surface area contributed by atoms with Gasteiger partial charge >= 0.3 is 0 Å². The number of nitrogens with zero attached hydrogens (tertiary/aromatic N) is 1. The number of carbonyl (C=O) groups is 1. The summed E-state index contributed by atoms with van der Waals surface area (Å²) in [5.41, 5.74) is 7.81. The minimum Gasteiger partial charge on any atom is -0.352 e. The van der Waals surface area contributed by atoms with Crippen LogP contribution in [0.15, 0.2) is 30.5 Å². The first-order valence-corrected chi connectivity index (χ1v) is 7.08. The van der Waals surface area contributed by atoms with Crippen LogP contribution in [0.1, 0.15) is 26.3 Å². The van der Waals surface area contributed by atoms with Crippen molar-refractivity contribution in [2.75, 3.05) is 0 Å². The second kappa shape index (κ2) is 6.09. The van der Waals surface area contributed by atoms with Crippen molar-refractivity contribution in [3.63, 3.8) is 0 Å². The summed E-state index contributed by atoms with van der Waals surface area (Å²) in [6, 6.07) is 8.31. The zero-order valence-corrected chi connectivity index (χ0v) is 12.4. The van der Waals surface area contributed by atoms with Crippen LogP contribution in [0.5, 0.6) is 0 Å². The Morgan fingerprint density at radius 1 is 1.30 bits per heavy atom. The van der Waals surface area contributed by atoms with Crippen LogP contribution in [-0.4, -0.2) is 16.5 Å². The van der Waals surface area contributed by atoms with Crippen molar-refractivity contribution < 1.29 is 4.79 Å². The Bertz CT molecular complexity index is 601. The number of hydrogen-bond acceptors (Lipinski definition) is 2. The maximum Gasteiger partial charge on any atom is 0.240 e. The van der Waals surface area contributed by atoms with Crippen LogP contribution < -0.4 is 11.1 Å². The van der Waals surface area contributed by atoms with E-state index in [1.807, 2.05) is 35.9 Å². The quantitative estimate of drug-likeness (QED) is 0.878. The molecule has 4 nitrogen and oxygen atoms in total. The molecular weight excluding hydrogens is 250 g/mol. The van der Waals surface area contributed by atoms with Crippen LogP contribution in [0.2, 0.25) is 0 Å². The van der Waals surface area contributed by atoms with Gasteiger partial charge in [0.25, 0.3) is 0 Å². The Morgan fingerprint density at radius 2 is 2.05 bits per heavy atom. The fourth-order valence-electron chi connectivity index (χ4n) is 2.14. The zero-order chi connectivity index (χ0) is 14.7. The van der Waals surface area contributed by atoms with E-state index in [1.54, 1.807) is 0 Å². The van der Waals surface area contributed by atoms with E-state index < -0.39 is 0 Å². The van der Waals surface area contributed by atoms with Gasteiger partial charge in [0.05, 0.1) is 0 Å². The molecule has 1 aromatic heterocycles. The fourth-order valence-corrected chi connectivity index (χ4v) is 2.14. The fraction of sp³-hybridized carbons (Fsp3) is 0.438. The zero-order valence-electron chi connectivity index (χ0n) is 12.4. The molecule has 1 atom stereocenters. The van der Waals surface area contributed by atoms with E-state index in [-0.39, 0.29) is 11.9 Å². The standard InChI is InChI=1S/C16H23N3O/c1-11(2)12(3)18-16(20)10-19-7-6-14-8-13(9-17)4-5-15(14)19/h4-8,11-12H,9-10,17H2,1-3H3,(H,18,20). The molecule has 1 aromatic carbocycles. The molecule has 20 heavy (non-hydrogen) atoms. The van der Waals surface area contributed by atoms with E-state index in [9.17, 15) is 4.79 Å². The second-order valence-corrected chi connectivity index (χ2v) is 5.64. The van der Waals surface area contributed by atoms with Crippen LogP contribution in [0.25, 0.3) is 10.9 Å². The largest absolute Gasteiger partial charge is 0.352 e. The topological polar surface area (TPSA) is 60.0 Å². The average Bonchev–Trinajstić information content (AvgIpc) is 2.80. The summed E-state index contributed by atoms with van der Waals surface area (Å²) >= 11 is 0. The van der Waals surface area contributed by atoms with Gasteiger partial charge in [0.1, 0.15) is 6.54 Å². The number of carbonyl (C=O) groups excluding carboxylic acids is 1. The van der Waals surface area contributed by atoms with Crippen molar-refractivity contribution in [2.45, 2.75) is 39.9 Å². The maximum atomic E-state index is 12.0. The van der Waals surface area contributed by atoms with Gasteiger partial charge in [-0.1, -0.05) is 19.9 Å². The van der Waals surface area contributed by atoms with E-state index >= 15 is 0 Å². The minimum absolute atomic E-state index is 0.0478. The SMILES string of the molecule is CC(C)C(C)NC(=O)Cn1ccc2cc(CN)ccc21. The molecule has 0 saturated carbocycles. The molecule has 0 fully saturated rings. The number of amides is 1. The highest BCUT2D eigenvalue weighted by Gasteiger charge is 2.12. The molecule has 0 spiro atoms. The first-order chi connectivity index (χ1) is 9.51. The van der Waals surface area contributed by atoms with E-state index in [4.69, 9.17) is 5.73 Å². The molecule has 0 aliphatic rings. The highest BCUT2D eigenvalue weighted by Crippen LogP contribution is 2.17. The number of nitrogens with two attached hydrogens (primary N) is 1. The number of aromatic nitrogens is 1. The Morgan fingerprint density at radius 3 is 2.70 bits per heavy atom. The van der Waals surface area contributed by atoms with Gasteiger partial charge in [-0.05, 0) is 42.0 Å². The highest BCUT2D eigenvalue weighted by atomic mass is 16.2. The number of benzene rings is 1. The third-order valence-electron chi connectivity index (χ3n) is 3.77. The number of nitrogens with one attached hydrogen (secondary N) is 1. The van der Waals surface area contributed by atoms with Crippen molar-refractivity contribution in [1.29, 1.82) is 0 Å². The predicted molar refractivity (Wildman–Crippen MR) is 82.3 cm³/mol. The molecule has 0 bridgehead atoms. The summed E-state index contributed by atoms with van der Waals surface area (Å²) in [7, 11) is 0. The van der Waals surface area contributed by atoms with Crippen molar-refractivity contribution in [2.24, 2.45) is 11.7 Å². The molecule has 1 amide bonds. The molecule has 0 aliphatic carbocycles. The predicted octanol–water partition coefficient (Wildman–Crippen LogP) is 2.26. The summed E-state index contributed by atoms with van der Waals surface area (Å²) in [4.78, 5) is 12.0. The molecule has 1 unspecified atom stereocenters. The van der Waals surface area contributed by atoms with Crippen molar-refractivity contribution in [3.8, 4) is 0 Å². The Labute approximate surface area is 120 Å². The molecule has 1 heterocycles. The maximum absolute atomic E-state index is 12.0. The number of rotatable bonds is 5. The van der Waals surface area contributed by atoms with Gasteiger partial charge in [-0.15, -0.1) is 0 Å². The van der Waals surface area contributed by atoms with E-state index in [2.05, 4.69) is 25.2 Å². The molecule has 108 valence electrons. The lowest BCUT2D eigenvalue weighted by molar-refractivity contribution is -0.122. The Balaban J connectivity index is 2.12. The lowest BCUT2D eigenvalue weighted by Crippen LogP contribution is -2.38. The van der Waals surface area contributed by atoms with Crippen LogP contribution in [-0.2, 0) is 17.9 Å². The second-order valence-electron chi connectivity index (χ2n) is 5.64. The molecule has 4 heteroatoms. The molecule has 0 radical (unpaired) electrons. The van der Waals surface area contributed by atoms with Gasteiger partial charge in [0, 0.05) is 24.3 Å². The molecule has 0 aliphatic heterocycles. The van der Waals surface area contributed by atoms with Gasteiger partial charge in [-0.2, -0.15) is 0 Å². The average molecular weight is 273 g/mol. The van der Waals surface area contributed by atoms with Crippen molar-refractivity contribution in [1.82, 2.24) is 9.88 Å². The van der Waals surface area contributed by atoms with Gasteiger partial charge in [0.2, 0.25) is 5.91 Å². The monoisotopic (exact) mass is 273 g/mol. The van der Waals surface area contributed by atoms with Crippen molar-refractivity contribution >= 4 is 16.8 Å². The molecule has 2 rings (SSSR count). The smallest absolute Gasteiger partial charge is 0.240 e. The first-order valence-electron chi connectivity index (χ1n) is 7.08. The lowest BCUT2D eigenvalue weighted by Gasteiger charge is -2.17. The molecule has 2 aromatic rings. The third kappa shape index (κ3) is 3.20. The highest BCUT2D eigenvalue weighted by molar-refractivity contribution is 5.84. The molecular formula is C16H23N3O. The first kappa shape index (κ1) is 14.6. The van der Waals surface area contributed by atoms with E-state index in [0.717, 1.165) is 16.5 Å². The van der Waals surface area contributed by atoms with Gasteiger partial charge in [-0.3, -0.25) is 4.79 Å². The van der Waals surface area contributed by atoms with Crippen LogP contribution in [0, 0.1) is 5.92 Å². The van der Waals surface area contributed by atoms with Crippen LogP contribution >= 0.6 is 0 Å². The van der Waals surface area contributed by atoms with Gasteiger partial charge in [0.15, 0.2) is 0 Å². The van der Waals surface area contributed by atoms with Crippen LogP contribution in [0.4, 0.5) is 0 Å². The van der Waals surface area contributed by atoms with Crippen LogP contribution in [0.3, 0.4) is 0 Å². The third-order valence-corrected chi connectivity index (χ3v) is 3.77. The summed E-state index contributed by atoms with van der Waals surface area (Å²) in [5, 5.41) is 4.15. The lowest BCUT2D eigenvalue weighted by atomic mass is 10.1. The van der Waals surface area contributed by atoms with Gasteiger partial charge in [-0.25, -0.2) is 0 Å². The summed E-state index contributed by atoms with van der Waals surface area (Å²) in [6.45, 7) is 7.12. The normalized spacial score (nSPS) is 12.8. The van der Waals surface area contributed by atoms with Crippen molar-refractivity contribution in [3.05, 3.63) is 36.0 Å². The number of hydrogen-bond donors (Lipinski definition) is 2. The van der Waals surface area contributed by atoms with E-state index in [0.29, 0.717) is 19.0 Å². The minimum atomic E-state index is 0.0478. The molecule has 3 N–H and O–H groups in total.